The number of hydrogen-bond donors (Lipinski definition) is 1. The van der Waals surface area contributed by atoms with Crippen molar-refractivity contribution < 1.29 is 9.53 Å². The van der Waals surface area contributed by atoms with Gasteiger partial charge in [-0.1, -0.05) is 23.3 Å². The first-order valence-corrected chi connectivity index (χ1v) is 11.0. The van der Waals surface area contributed by atoms with Crippen molar-refractivity contribution in [2.45, 2.75) is 25.0 Å². The fourth-order valence-electron chi connectivity index (χ4n) is 4.48. The zero-order valence-electron chi connectivity index (χ0n) is 16.2. The molecule has 0 bridgehead atoms. The average molecular weight is 403 g/mol. The van der Waals surface area contributed by atoms with Crippen LogP contribution in [0.2, 0.25) is 0 Å². The summed E-state index contributed by atoms with van der Waals surface area (Å²) in [4.78, 5) is 14.4. The van der Waals surface area contributed by atoms with Gasteiger partial charge >= 0.3 is 0 Å². The molecule has 0 unspecified atom stereocenters. The average Bonchev–Trinajstić information content (AvgIpc) is 3.34. The maximum absolute atomic E-state index is 12.1. The van der Waals surface area contributed by atoms with E-state index in [-0.39, 0.29) is 18.1 Å². The summed E-state index contributed by atoms with van der Waals surface area (Å²) in [5.74, 6) is 2.35. The Balaban J connectivity index is 1.48. The first kappa shape index (κ1) is 19.2. The summed E-state index contributed by atoms with van der Waals surface area (Å²) in [5, 5.41) is 15.5. The number of carbonyl (C=O) groups is 1. The Morgan fingerprint density at radius 2 is 2.00 bits per heavy atom. The molecule has 1 aliphatic carbocycles. The summed E-state index contributed by atoms with van der Waals surface area (Å²) in [6.07, 6.45) is 3.86. The van der Waals surface area contributed by atoms with Crippen molar-refractivity contribution in [1.82, 2.24) is 25.5 Å². The number of anilines is 1. The Hall–Kier alpha value is -2.13. The predicted octanol–water partition coefficient (Wildman–Crippen LogP) is 1.37. The van der Waals surface area contributed by atoms with Gasteiger partial charge < -0.3 is 15.0 Å². The molecule has 28 heavy (non-hydrogen) atoms. The summed E-state index contributed by atoms with van der Waals surface area (Å²) in [5.41, 5.74) is 0.953. The summed E-state index contributed by atoms with van der Waals surface area (Å²) in [6.45, 7) is 1.80. The highest BCUT2D eigenvalue weighted by atomic mass is 32.2. The largest absolute Gasteiger partial charge is 0.379 e. The van der Waals surface area contributed by atoms with Crippen LogP contribution in [0.15, 0.2) is 30.3 Å². The Bertz CT molecular complexity index is 801. The first-order valence-electron chi connectivity index (χ1n) is 9.59. The third-order valence-electron chi connectivity index (χ3n) is 5.78. The van der Waals surface area contributed by atoms with E-state index in [1.165, 1.54) is 11.8 Å². The summed E-state index contributed by atoms with van der Waals surface area (Å²) in [7, 11) is 1.74. The molecule has 8 nitrogen and oxygen atoms in total. The second-order valence-corrected chi connectivity index (χ2v) is 8.37. The number of rotatable bonds is 6. The Morgan fingerprint density at radius 3 is 2.71 bits per heavy atom. The summed E-state index contributed by atoms with van der Waals surface area (Å²) < 4.78 is 7.52. The van der Waals surface area contributed by atoms with Crippen LogP contribution in [0.5, 0.6) is 0 Å². The first-order chi connectivity index (χ1) is 13.7. The van der Waals surface area contributed by atoms with Crippen LogP contribution in [-0.4, -0.2) is 70.5 Å². The number of methoxy groups -OCH3 is 1. The molecule has 1 N–H and O–H groups in total. The van der Waals surface area contributed by atoms with E-state index in [0.29, 0.717) is 17.6 Å². The number of ether oxygens (including phenoxy) is 1. The van der Waals surface area contributed by atoms with Crippen LogP contribution < -0.4 is 10.2 Å². The normalized spacial score (nSPS) is 26.9. The highest BCUT2D eigenvalue weighted by Crippen LogP contribution is 2.39. The molecule has 0 spiro atoms. The maximum atomic E-state index is 12.1. The molecular weight excluding hydrogens is 376 g/mol. The van der Waals surface area contributed by atoms with E-state index in [1.54, 1.807) is 11.8 Å². The Labute approximate surface area is 169 Å². The minimum atomic E-state index is 0.0529. The van der Waals surface area contributed by atoms with Crippen LogP contribution in [0.25, 0.3) is 5.69 Å². The van der Waals surface area contributed by atoms with Gasteiger partial charge in [-0.3, -0.25) is 4.79 Å². The Kier molecular flexibility index (Phi) is 5.82. The van der Waals surface area contributed by atoms with Crippen LogP contribution in [-0.2, 0) is 9.53 Å². The van der Waals surface area contributed by atoms with Crippen molar-refractivity contribution in [1.29, 1.82) is 0 Å². The number of nitrogens with one attached hydrogen (secondary N) is 1. The predicted molar refractivity (Wildman–Crippen MR) is 109 cm³/mol. The van der Waals surface area contributed by atoms with Gasteiger partial charge in [0.25, 0.3) is 0 Å². The van der Waals surface area contributed by atoms with Gasteiger partial charge in [0.2, 0.25) is 11.9 Å². The molecule has 2 fully saturated rings. The lowest BCUT2D eigenvalue weighted by Gasteiger charge is -2.37. The molecule has 4 atom stereocenters. The number of fused-ring (bicyclic) bond motifs is 1. The second-order valence-electron chi connectivity index (χ2n) is 7.50. The van der Waals surface area contributed by atoms with Crippen LogP contribution in [0.3, 0.4) is 0 Å². The third-order valence-corrected chi connectivity index (χ3v) is 6.33. The number of hydrogen-bond acceptors (Lipinski definition) is 7. The van der Waals surface area contributed by atoms with E-state index in [0.717, 1.165) is 37.6 Å². The molecule has 1 aliphatic heterocycles. The number of thioether (sulfide) groups is 1. The lowest BCUT2D eigenvalue weighted by molar-refractivity contribution is -0.121. The minimum absolute atomic E-state index is 0.0529. The van der Waals surface area contributed by atoms with Gasteiger partial charge in [0.05, 0.1) is 23.6 Å². The number of carbonyl (C=O) groups excluding carboxylic acids is 1. The van der Waals surface area contributed by atoms with Gasteiger partial charge in [0, 0.05) is 20.2 Å². The highest BCUT2D eigenvalue weighted by Gasteiger charge is 2.44. The van der Waals surface area contributed by atoms with Crippen LogP contribution in [0, 0.1) is 11.8 Å². The summed E-state index contributed by atoms with van der Waals surface area (Å²) >= 11 is 1.54. The lowest BCUT2D eigenvalue weighted by Crippen LogP contribution is -2.50. The van der Waals surface area contributed by atoms with Crippen LogP contribution >= 0.6 is 11.8 Å². The smallest absolute Gasteiger partial charge is 0.250 e. The number of para-hydroxylation sites is 1. The molecule has 2 aromatic rings. The second kappa shape index (κ2) is 8.48. The van der Waals surface area contributed by atoms with E-state index in [2.05, 4.69) is 25.7 Å². The van der Waals surface area contributed by atoms with Gasteiger partial charge in [-0.2, -0.15) is 16.4 Å². The number of aromatic nitrogens is 4. The number of nitrogens with zero attached hydrogens (tertiary/aromatic N) is 5. The zero-order chi connectivity index (χ0) is 19.5. The van der Waals surface area contributed by atoms with Crippen molar-refractivity contribution >= 4 is 23.6 Å². The standard InChI is InChI=1S/C19H26N6O2S/c1-27-17-9-14-11-24(10-13(14)8-16(17)20-18(26)12-28-2)19-21-22-23-25(19)15-6-4-3-5-7-15/h3-7,13-14,16-17H,8-12H2,1-2H3,(H,20,26)/t13-,14+,16-,17-/m0/s1. The lowest BCUT2D eigenvalue weighted by atomic mass is 9.77. The Morgan fingerprint density at radius 1 is 1.25 bits per heavy atom. The van der Waals surface area contributed by atoms with Gasteiger partial charge in [0.15, 0.2) is 0 Å². The molecule has 2 heterocycles. The van der Waals surface area contributed by atoms with E-state index in [4.69, 9.17) is 4.74 Å². The highest BCUT2D eigenvalue weighted by molar-refractivity contribution is 7.99. The van der Waals surface area contributed by atoms with Crippen molar-refractivity contribution in [2.24, 2.45) is 11.8 Å². The maximum Gasteiger partial charge on any atom is 0.250 e. The molecule has 1 aromatic carbocycles. The van der Waals surface area contributed by atoms with Gasteiger partial charge in [-0.05, 0) is 53.5 Å². The number of amides is 1. The fourth-order valence-corrected chi connectivity index (χ4v) is 4.83. The van der Waals surface area contributed by atoms with E-state index >= 15 is 0 Å². The molecule has 0 radical (unpaired) electrons. The zero-order valence-corrected chi connectivity index (χ0v) is 17.0. The molecule has 150 valence electrons. The molecule has 1 saturated heterocycles. The van der Waals surface area contributed by atoms with E-state index in [9.17, 15) is 4.79 Å². The SMILES string of the molecule is CO[C@H]1C[C@@H]2CN(c3nnnn3-c3ccccc3)C[C@@H]2C[C@@H]1NC(=O)CSC. The van der Waals surface area contributed by atoms with E-state index in [1.807, 2.05) is 36.6 Å². The van der Waals surface area contributed by atoms with Crippen molar-refractivity contribution in [3.8, 4) is 5.69 Å². The topological polar surface area (TPSA) is 85.2 Å². The van der Waals surface area contributed by atoms with Crippen molar-refractivity contribution in [3.63, 3.8) is 0 Å². The minimum Gasteiger partial charge on any atom is -0.379 e. The molecule has 1 aromatic heterocycles. The van der Waals surface area contributed by atoms with Crippen molar-refractivity contribution in [2.75, 3.05) is 37.1 Å². The molecule has 9 heteroatoms. The summed E-state index contributed by atoms with van der Waals surface area (Å²) in [6, 6.07) is 10.0. The van der Waals surface area contributed by atoms with Crippen LogP contribution in [0.4, 0.5) is 5.95 Å². The van der Waals surface area contributed by atoms with Gasteiger partial charge in [0.1, 0.15) is 0 Å². The number of tetrazole rings is 1. The third kappa shape index (κ3) is 3.86. The van der Waals surface area contributed by atoms with Gasteiger partial charge in [-0.25, -0.2) is 0 Å². The monoisotopic (exact) mass is 402 g/mol. The number of benzene rings is 1. The molecule has 4 rings (SSSR count). The van der Waals surface area contributed by atoms with Gasteiger partial charge in [-0.15, -0.1) is 0 Å². The molecule has 2 aliphatic rings. The van der Waals surface area contributed by atoms with Crippen molar-refractivity contribution in [3.05, 3.63) is 30.3 Å². The molecule has 1 saturated carbocycles. The van der Waals surface area contributed by atoms with E-state index < -0.39 is 0 Å². The van der Waals surface area contributed by atoms with Crippen LogP contribution in [0.1, 0.15) is 12.8 Å². The quantitative estimate of drug-likeness (QED) is 0.781. The molecular formula is C19H26N6O2S. The fraction of sp³-hybridized carbons (Fsp3) is 0.579. The molecule has 1 amide bonds.